The van der Waals surface area contributed by atoms with Crippen molar-refractivity contribution in [1.82, 2.24) is 5.32 Å². The molecule has 0 amide bonds. The fourth-order valence-corrected chi connectivity index (χ4v) is 5.59. The number of benzene rings is 1. The summed E-state index contributed by atoms with van der Waals surface area (Å²) in [6.45, 7) is 9.12. The molecule has 2 aliphatic heterocycles. The van der Waals surface area contributed by atoms with E-state index in [1.807, 2.05) is 12.1 Å². The Morgan fingerprint density at radius 2 is 1.90 bits per heavy atom. The van der Waals surface area contributed by atoms with Gasteiger partial charge in [0.25, 0.3) is 0 Å². The van der Waals surface area contributed by atoms with E-state index in [9.17, 15) is 14.6 Å². The fourth-order valence-electron chi connectivity index (χ4n) is 5.59. The van der Waals surface area contributed by atoms with Gasteiger partial charge in [-0.3, -0.25) is 0 Å². The van der Waals surface area contributed by atoms with Gasteiger partial charge in [-0.15, -0.1) is 12.4 Å². The van der Waals surface area contributed by atoms with Crippen LogP contribution >= 0.6 is 12.4 Å². The van der Waals surface area contributed by atoms with Crippen molar-refractivity contribution in [2.24, 2.45) is 5.92 Å². The molecule has 1 saturated heterocycles. The first kappa shape index (κ1) is 24.0. The van der Waals surface area contributed by atoms with Crippen molar-refractivity contribution >= 4 is 12.4 Å². The van der Waals surface area contributed by atoms with Gasteiger partial charge >= 0.3 is 0 Å². The highest BCUT2D eigenvalue weighted by atomic mass is 35.5. The molecule has 0 aromatic heterocycles. The lowest BCUT2D eigenvalue weighted by molar-refractivity contribution is -0.107. The Hall–Kier alpha value is -1.66. The maximum atomic E-state index is 13.6. The maximum Gasteiger partial charge on any atom is 0.214 e. The third-order valence-electron chi connectivity index (χ3n) is 7.20. The molecule has 0 saturated carbocycles. The van der Waals surface area contributed by atoms with Gasteiger partial charge in [-0.25, -0.2) is 4.39 Å². The molecule has 3 aliphatic rings. The van der Waals surface area contributed by atoms with Gasteiger partial charge < -0.3 is 20.3 Å². The van der Waals surface area contributed by atoms with Crippen LogP contribution in [0.15, 0.2) is 59.4 Å². The van der Waals surface area contributed by atoms with E-state index in [0.29, 0.717) is 17.9 Å². The summed E-state index contributed by atoms with van der Waals surface area (Å²) in [5.41, 5.74) is 1.95. The van der Waals surface area contributed by atoms with E-state index in [1.54, 1.807) is 12.2 Å². The predicted molar refractivity (Wildman–Crippen MR) is 122 cm³/mol. The Bertz CT molecular complexity index is 919. The fraction of sp³-hybridized carbons (Fsp3) is 0.520. The van der Waals surface area contributed by atoms with Crippen molar-refractivity contribution in [3.8, 4) is 0 Å². The van der Waals surface area contributed by atoms with Crippen molar-refractivity contribution in [2.75, 3.05) is 6.54 Å². The molecule has 3 unspecified atom stereocenters. The number of piperidine rings is 1. The quantitative estimate of drug-likeness (QED) is 0.591. The highest BCUT2D eigenvalue weighted by Crippen LogP contribution is 2.50. The Morgan fingerprint density at radius 1 is 1.23 bits per heavy atom. The van der Waals surface area contributed by atoms with Crippen LogP contribution in [-0.4, -0.2) is 34.2 Å². The third kappa shape index (κ3) is 4.09. The van der Waals surface area contributed by atoms with Gasteiger partial charge in [0.05, 0.1) is 5.57 Å². The molecule has 1 aliphatic carbocycles. The summed E-state index contributed by atoms with van der Waals surface area (Å²) in [7, 11) is 0. The number of ether oxygens (including phenoxy) is 1. The molecule has 0 spiro atoms. The molecule has 4 nitrogen and oxygen atoms in total. The molecule has 170 valence electrons. The van der Waals surface area contributed by atoms with E-state index in [1.165, 1.54) is 18.2 Å². The molecule has 3 N–H and O–H groups in total. The number of nitrogens with one attached hydrogen (secondary N) is 1. The Balaban J connectivity index is 0.00000272. The zero-order valence-corrected chi connectivity index (χ0v) is 19.4. The first-order chi connectivity index (χ1) is 14.1. The molecule has 1 fully saturated rings. The number of rotatable bonds is 4. The van der Waals surface area contributed by atoms with Crippen LogP contribution in [0.1, 0.15) is 52.5 Å². The molecule has 0 radical (unpaired) electrons. The third-order valence-corrected chi connectivity index (χ3v) is 7.20. The predicted octanol–water partition coefficient (Wildman–Crippen LogP) is 4.52. The topological polar surface area (TPSA) is 61.7 Å². The van der Waals surface area contributed by atoms with Gasteiger partial charge in [0.1, 0.15) is 17.2 Å². The largest absolute Gasteiger partial charge is 0.487 e. The van der Waals surface area contributed by atoms with Gasteiger partial charge in [0, 0.05) is 23.9 Å². The number of allylic oxidation sites excluding steroid dienone is 2. The first-order valence-electron chi connectivity index (χ1n) is 10.8. The number of hydrogen-bond donors (Lipinski definition) is 3. The van der Waals surface area contributed by atoms with Gasteiger partial charge in [0.15, 0.2) is 0 Å². The molecule has 4 rings (SSSR count). The van der Waals surface area contributed by atoms with Gasteiger partial charge in [0.2, 0.25) is 5.79 Å². The molecule has 0 bridgehead atoms. The average molecular weight is 450 g/mol. The summed E-state index contributed by atoms with van der Waals surface area (Å²) in [4.78, 5) is 0. The van der Waals surface area contributed by atoms with E-state index in [4.69, 9.17) is 4.74 Å². The lowest BCUT2D eigenvalue weighted by Gasteiger charge is -2.52. The van der Waals surface area contributed by atoms with E-state index in [-0.39, 0.29) is 35.6 Å². The number of aliphatic hydroxyl groups is 2. The van der Waals surface area contributed by atoms with E-state index >= 15 is 0 Å². The van der Waals surface area contributed by atoms with Gasteiger partial charge in [-0.05, 0) is 62.1 Å². The number of halogens is 2. The summed E-state index contributed by atoms with van der Waals surface area (Å²) in [5, 5.41) is 24.9. The minimum Gasteiger partial charge on any atom is -0.487 e. The summed E-state index contributed by atoms with van der Waals surface area (Å²) in [5.74, 6) is -1.67. The molecule has 3 atom stereocenters. The van der Waals surface area contributed by atoms with E-state index in [0.717, 1.165) is 30.4 Å². The highest BCUT2D eigenvalue weighted by molar-refractivity contribution is 5.85. The van der Waals surface area contributed by atoms with Gasteiger partial charge in [-0.1, -0.05) is 38.5 Å². The molecule has 1 aromatic rings. The maximum absolute atomic E-state index is 13.6. The van der Waals surface area contributed by atoms with Crippen LogP contribution < -0.4 is 5.32 Å². The Kier molecular flexibility index (Phi) is 6.47. The van der Waals surface area contributed by atoms with Crippen molar-refractivity contribution < 1.29 is 19.3 Å². The second-order valence-corrected chi connectivity index (χ2v) is 9.62. The van der Waals surface area contributed by atoms with Crippen molar-refractivity contribution in [1.29, 1.82) is 0 Å². The SMILES string of the molecule is CCCC(C)(c1ccc(F)cc1)C1CC2C(=C3C(=CC=CC3(O)O)OC2(C)C)CN1.Cl. The van der Waals surface area contributed by atoms with E-state index in [2.05, 4.69) is 33.0 Å². The van der Waals surface area contributed by atoms with Crippen LogP contribution in [0.3, 0.4) is 0 Å². The molecular formula is C25H33ClFNO3. The minimum atomic E-state index is -2.02. The normalized spacial score (nSPS) is 27.8. The second-order valence-electron chi connectivity index (χ2n) is 9.62. The van der Waals surface area contributed by atoms with Crippen LogP contribution in [-0.2, 0) is 10.2 Å². The molecule has 2 heterocycles. The van der Waals surface area contributed by atoms with Crippen LogP contribution in [0.25, 0.3) is 0 Å². The van der Waals surface area contributed by atoms with Crippen molar-refractivity contribution in [2.45, 2.75) is 69.8 Å². The summed E-state index contributed by atoms with van der Waals surface area (Å²) >= 11 is 0. The van der Waals surface area contributed by atoms with Crippen LogP contribution in [0, 0.1) is 11.7 Å². The van der Waals surface area contributed by atoms with Gasteiger partial charge in [-0.2, -0.15) is 0 Å². The Morgan fingerprint density at radius 3 is 2.55 bits per heavy atom. The van der Waals surface area contributed by atoms with Crippen molar-refractivity contribution in [3.05, 3.63) is 70.8 Å². The molecule has 31 heavy (non-hydrogen) atoms. The minimum absolute atomic E-state index is 0. The number of hydrogen-bond acceptors (Lipinski definition) is 4. The lowest BCUT2D eigenvalue weighted by atomic mass is 9.64. The monoisotopic (exact) mass is 449 g/mol. The molecule has 1 aromatic carbocycles. The van der Waals surface area contributed by atoms with Crippen LogP contribution in [0.2, 0.25) is 0 Å². The average Bonchev–Trinajstić information content (AvgIpc) is 2.67. The summed E-state index contributed by atoms with van der Waals surface area (Å²) < 4.78 is 19.8. The van der Waals surface area contributed by atoms with Crippen molar-refractivity contribution in [3.63, 3.8) is 0 Å². The van der Waals surface area contributed by atoms with Crippen LogP contribution in [0.5, 0.6) is 0 Å². The lowest BCUT2D eigenvalue weighted by Crippen LogP contribution is -2.58. The standard InChI is InChI=1S/C25H32FNO3.ClH/c1-5-12-24(4,16-8-10-17(26)11-9-16)21-14-19-18(15-27-21)22-20(30-23(19,2)3)7-6-13-25(22,28)29;/h6-11,13,19,21,27-29H,5,12,14-15H2,1-4H3;1H. The zero-order chi connectivity index (χ0) is 21.7. The van der Waals surface area contributed by atoms with E-state index < -0.39 is 11.4 Å². The second kappa shape index (κ2) is 8.36. The summed E-state index contributed by atoms with van der Waals surface area (Å²) in [6, 6.07) is 7.00. The van der Waals surface area contributed by atoms with Crippen LogP contribution in [0.4, 0.5) is 4.39 Å². The highest BCUT2D eigenvalue weighted by Gasteiger charge is 2.51. The molecular weight excluding hydrogens is 417 g/mol. The summed E-state index contributed by atoms with van der Waals surface area (Å²) in [6.07, 6.45) is 7.60. The molecule has 6 heteroatoms. The zero-order valence-electron chi connectivity index (χ0n) is 18.6. The first-order valence-corrected chi connectivity index (χ1v) is 10.8. The smallest absolute Gasteiger partial charge is 0.214 e. The Labute approximate surface area is 190 Å². The number of fused-ring (bicyclic) bond motifs is 2.